The van der Waals surface area contributed by atoms with Gasteiger partial charge in [-0.05, 0) is 78.9 Å². The van der Waals surface area contributed by atoms with E-state index >= 15 is 0 Å². The van der Waals surface area contributed by atoms with Gasteiger partial charge in [0.2, 0.25) is 0 Å². The summed E-state index contributed by atoms with van der Waals surface area (Å²) < 4.78 is 13.4. The average Bonchev–Trinajstić information content (AvgIpc) is 3.28. The molecule has 4 aromatic rings. The van der Waals surface area contributed by atoms with E-state index in [0.29, 0.717) is 25.4 Å². The Bertz CT molecular complexity index is 1530. The van der Waals surface area contributed by atoms with Gasteiger partial charge in [0.15, 0.2) is 6.61 Å². The van der Waals surface area contributed by atoms with Crippen molar-refractivity contribution in [1.82, 2.24) is 14.5 Å². The Hall–Kier alpha value is -4.17. The molecule has 2 aromatic heterocycles. The number of fused-ring (bicyclic) bond motifs is 2. The Morgan fingerprint density at radius 2 is 1.69 bits per heavy atom. The first-order chi connectivity index (χ1) is 20.4. The quantitative estimate of drug-likeness (QED) is 0.290. The predicted molar refractivity (Wildman–Crippen MR) is 166 cm³/mol. The summed E-state index contributed by atoms with van der Waals surface area (Å²) in [5.74, 6) is 0.507. The van der Waals surface area contributed by atoms with Crippen molar-refractivity contribution in [3.05, 3.63) is 78.2 Å². The van der Waals surface area contributed by atoms with Gasteiger partial charge in [0, 0.05) is 68.5 Å². The summed E-state index contributed by atoms with van der Waals surface area (Å²) in [6.45, 7) is 3.64. The molecule has 0 radical (unpaired) electrons. The van der Waals surface area contributed by atoms with E-state index in [1.165, 1.54) is 12.8 Å². The lowest BCUT2D eigenvalue weighted by molar-refractivity contribution is -0.134. The number of hydrogen-bond donors (Lipinski definition) is 0. The largest absolute Gasteiger partial charge is 0.484 e. The molecule has 8 heteroatoms. The number of ether oxygens (including phenoxy) is 2. The number of carbonyl (C=O) groups excluding carboxylic acids is 2. The molecule has 0 unspecified atom stereocenters. The fourth-order valence-electron chi connectivity index (χ4n) is 5.66. The molecule has 2 amide bonds. The maximum absolute atomic E-state index is 13.7. The third kappa shape index (κ3) is 6.82. The number of amides is 2. The zero-order valence-corrected chi connectivity index (χ0v) is 24.8. The molecule has 0 N–H and O–H groups in total. The number of rotatable bonds is 6. The van der Waals surface area contributed by atoms with E-state index in [-0.39, 0.29) is 25.0 Å². The molecule has 42 heavy (non-hydrogen) atoms. The number of nitrogens with zero attached hydrogens (tertiary/aromatic N) is 4. The Kier molecular flexibility index (Phi) is 9.54. The van der Waals surface area contributed by atoms with Gasteiger partial charge >= 0.3 is 0 Å². The van der Waals surface area contributed by atoms with Gasteiger partial charge in [-0.2, -0.15) is 0 Å². The fraction of sp³-hybridized carbons (Fsp3) is 0.382. The highest BCUT2D eigenvalue weighted by Gasteiger charge is 2.23. The van der Waals surface area contributed by atoms with Crippen molar-refractivity contribution in [2.45, 2.75) is 45.6 Å². The van der Waals surface area contributed by atoms with Crippen molar-refractivity contribution < 1.29 is 19.1 Å². The van der Waals surface area contributed by atoms with Crippen LogP contribution in [0.3, 0.4) is 0 Å². The number of methoxy groups -OCH3 is 1. The van der Waals surface area contributed by atoms with Gasteiger partial charge in [-0.15, -0.1) is 0 Å². The zero-order chi connectivity index (χ0) is 29.5. The lowest BCUT2D eigenvalue weighted by Crippen LogP contribution is -2.38. The lowest BCUT2D eigenvalue weighted by atomic mass is 10.0. The van der Waals surface area contributed by atoms with Crippen molar-refractivity contribution in [3.8, 4) is 16.9 Å². The highest BCUT2D eigenvalue weighted by molar-refractivity contribution is 5.95. The summed E-state index contributed by atoms with van der Waals surface area (Å²) in [6.07, 6.45) is 8.54. The molecule has 3 heterocycles. The van der Waals surface area contributed by atoms with Gasteiger partial charge < -0.3 is 23.8 Å². The summed E-state index contributed by atoms with van der Waals surface area (Å²) >= 11 is 0. The molecule has 0 fully saturated rings. The first-order valence-corrected chi connectivity index (χ1v) is 14.7. The Labute approximate surface area is 247 Å². The van der Waals surface area contributed by atoms with Gasteiger partial charge in [-0.25, -0.2) is 0 Å². The monoisotopic (exact) mass is 568 g/mol. The molecular formula is C34H40N4O4. The number of hydrogen-bond acceptors (Lipinski definition) is 5. The Morgan fingerprint density at radius 3 is 2.48 bits per heavy atom. The van der Waals surface area contributed by atoms with Crippen LogP contribution in [0.15, 0.2) is 67.0 Å². The van der Waals surface area contributed by atoms with Crippen LogP contribution in [0.5, 0.6) is 5.75 Å². The van der Waals surface area contributed by atoms with E-state index in [0.717, 1.165) is 65.4 Å². The Morgan fingerprint density at radius 1 is 0.881 bits per heavy atom. The second kappa shape index (κ2) is 13.7. The van der Waals surface area contributed by atoms with E-state index in [1.54, 1.807) is 6.20 Å². The molecule has 220 valence electrons. The molecule has 0 bridgehead atoms. The second-order valence-electron chi connectivity index (χ2n) is 11.0. The molecule has 2 aromatic carbocycles. The smallest absolute Gasteiger partial charge is 0.260 e. The second-order valence-corrected chi connectivity index (χ2v) is 11.0. The number of carbonyl (C=O) groups is 2. The Balaban J connectivity index is 1.44. The minimum absolute atomic E-state index is 0.00552. The highest BCUT2D eigenvalue weighted by atomic mass is 16.5. The van der Waals surface area contributed by atoms with Crippen LogP contribution < -0.4 is 9.64 Å². The van der Waals surface area contributed by atoms with Crippen molar-refractivity contribution in [1.29, 1.82) is 0 Å². The van der Waals surface area contributed by atoms with Crippen LogP contribution >= 0.6 is 0 Å². The average molecular weight is 569 g/mol. The van der Waals surface area contributed by atoms with Crippen LogP contribution in [0.25, 0.3) is 22.0 Å². The van der Waals surface area contributed by atoms with Crippen molar-refractivity contribution in [3.63, 3.8) is 0 Å². The van der Waals surface area contributed by atoms with Crippen LogP contribution in [-0.4, -0.2) is 59.7 Å². The number of aryl methyl sites for hydroxylation is 2. The van der Waals surface area contributed by atoms with Gasteiger partial charge in [0.25, 0.3) is 11.8 Å². The van der Waals surface area contributed by atoms with Crippen molar-refractivity contribution in [2.75, 3.05) is 38.3 Å². The van der Waals surface area contributed by atoms with Gasteiger partial charge in [-0.1, -0.05) is 31.4 Å². The van der Waals surface area contributed by atoms with E-state index < -0.39 is 0 Å². The number of aromatic nitrogens is 2. The molecule has 0 saturated heterocycles. The van der Waals surface area contributed by atoms with Gasteiger partial charge in [0.05, 0.1) is 0 Å². The molecular weight excluding hydrogens is 528 g/mol. The number of anilines is 1. The lowest BCUT2D eigenvalue weighted by Gasteiger charge is -2.30. The fourth-order valence-corrected chi connectivity index (χ4v) is 5.66. The molecule has 0 atom stereocenters. The van der Waals surface area contributed by atoms with E-state index in [9.17, 15) is 9.59 Å². The normalized spacial score (nSPS) is 14.6. The molecule has 1 aliphatic rings. The minimum Gasteiger partial charge on any atom is -0.484 e. The molecule has 5 rings (SSSR count). The first-order valence-electron chi connectivity index (χ1n) is 14.7. The summed E-state index contributed by atoms with van der Waals surface area (Å²) in [6, 6.07) is 18.1. The summed E-state index contributed by atoms with van der Waals surface area (Å²) in [7, 11) is 3.58. The van der Waals surface area contributed by atoms with Gasteiger partial charge in [-0.3, -0.25) is 14.6 Å². The highest BCUT2D eigenvalue weighted by Crippen LogP contribution is 2.30. The zero-order valence-electron chi connectivity index (χ0n) is 24.8. The summed E-state index contributed by atoms with van der Waals surface area (Å²) in [5, 5.41) is 1.09. The molecule has 0 aliphatic carbocycles. The number of pyridine rings is 1. The molecule has 1 aliphatic heterocycles. The maximum Gasteiger partial charge on any atom is 0.260 e. The third-order valence-electron chi connectivity index (χ3n) is 8.07. The standard InChI is InChI=1S/C34H40N4O4/c1-25-18-28-20-30(12-14-31(28)36(25)2)42-24-33(39)37-16-7-5-4-6-8-17-38(34(40)23-41-3)32-13-11-26(19-29(32)22-37)27-10-9-15-35-21-27/h9-15,18-21H,4-8,16-17,22-24H2,1-3H3. The van der Waals surface area contributed by atoms with Crippen molar-refractivity contribution >= 4 is 28.4 Å². The van der Waals surface area contributed by atoms with E-state index in [1.807, 2.05) is 65.5 Å². The predicted octanol–water partition coefficient (Wildman–Crippen LogP) is 5.90. The van der Waals surface area contributed by atoms with Gasteiger partial charge in [0.1, 0.15) is 12.4 Å². The van der Waals surface area contributed by atoms with Crippen LogP contribution in [0.2, 0.25) is 0 Å². The summed E-state index contributed by atoms with van der Waals surface area (Å²) in [5.41, 5.74) is 5.99. The molecule has 0 saturated carbocycles. The van der Waals surface area contributed by atoms with E-state index in [4.69, 9.17) is 9.47 Å². The summed E-state index contributed by atoms with van der Waals surface area (Å²) in [4.78, 5) is 34.9. The molecule has 8 nitrogen and oxygen atoms in total. The van der Waals surface area contributed by atoms with Crippen LogP contribution in [0.1, 0.15) is 43.4 Å². The first kappa shape index (κ1) is 29.3. The SMILES string of the molecule is COCC(=O)N1CCCCCCCN(C(=O)COc2ccc3c(c2)cc(C)n3C)Cc2cc(-c3cccnc3)ccc21. The topological polar surface area (TPSA) is 76.9 Å². The van der Waals surface area contributed by atoms with Crippen LogP contribution in [0.4, 0.5) is 5.69 Å². The third-order valence-corrected chi connectivity index (χ3v) is 8.07. The maximum atomic E-state index is 13.7. The molecule has 0 spiro atoms. The van der Waals surface area contributed by atoms with E-state index in [2.05, 4.69) is 28.6 Å². The van der Waals surface area contributed by atoms with Crippen LogP contribution in [0, 0.1) is 6.92 Å². The van der Waals surface area contributed by atoms with Crippen molar-refractivity contribution in [2.24, 2.45) is 7.05 Å². The minimum atomic E-state index is -0.0855. The number of benzene rings is 2. The van der Waals surface area contributed by atoms with Crippen LogP contribution in [-0.2, 0) is 27.9 Å².